The summed E-state index contributed by atoms with van der Waals surface area (Å²) in [5, 5.41) is 3.46. The summed E-state index contributed by atoms with van der Waals surface area (Å²) >= 11 is 5.91. The third kappa shape index (κ3) is 2.65. The van der Waals surface area contributed by atoms with Gasteiger partial charge in [-0.1, -0.05) is 11.6 Å². The molecule has 0 bridgehead atoms. The summed E-state index contributed by atoms with van der Waals surface area (Å²) in [6.07, 6.45) is 0. The Morgan fingerprint density at radius 1 is 1.50 bits per heavy atom. The van der Waals surface area contributed by atoms with E-state index in [0.29, 0.717) is 24.7 Å². The normalized spacial score (nSPS) is 17.2. The summed E-state index contributed by atoms with van der Waals surface area (Å²) in [5.74, 6) is 0.0619. The number of carbonyl (C=O) groups is 1. The minimum absolute atomic E-state index is 0.0619. The molecule has 0 unspecified atom stereocenters. The maximum Gasteiger partial charge on any atom is 0.234 e. The van der Waals surface area contributed by atoms with Crippen LogP contribution in [0.1, 0.15) is 5.56 Å². The van der Waals surface area contributed by atoms with Gasteiger partial charge in [-0.25, -0.2) is 0 Å². The molecule has 0 aliphatic carbocycles. The van der Waals surface area contributed by atoms with Crippen LogP contribution in [0.4, 0.5) is 5.69 Å². The van der Waals surface area contributed by atoms with Gasteiger partial charge in [-0.05, 0) is 23.8 Å². The zero-order valence-electron chi connectivity index (χ0n) is 8.87. The number of carbonyl (C=O) groups excluding carboxylic acids is 1. The molecule has 4 nitrogen and oxygen atoms in total. The molecular weight excluding hydrogens is 226 g/mol. The lowest BCUT2D eigenvalue weighted by Crippen LogP contribution is -2.47. The van der Waals surface area contributed by atoms with Gasteiger partial charge in [0.05, 0.1) is 6.54 Å². The minimum atomic E-state index is 0.0619. The Morgan fingerprint density at radius 2 is 2.31 bits per heavy atom. The Hall–Kier alpha value is -1.26. The van der Waals surface area contributed by atoms with E-state index in [1.54, 1.807) is 12.1 Å². The molecule has 0 spiro atoms. The van der Waals surface area contributed by atoms with Crippen molar-refractivity contribution in [2.75, 3.05) is 25.4 Å². The zero-order valence-corrected chi connectivity index (χ0v) is 9.63. The summed E-state index contributed by atoms with van der Waals surface area (Å²) in [4.78, 5) is 13.3. The highest BCUT2D eigenvalue weighted by Gasteiger charge is 2.16. The van der Waals surface area contributed by atoms with Crippen LogP contribution in [0.3, 0.4) is 0 Å². The molecule has 1 heterocycles. The molecule has 0 saturated carbocycles. The van der Waals surface area contributed by atoms with Crippen LogP contribution < -0.4 is 11.1 Å². The number of benzene rings is 1. The molecule has 0 atom stereocenters. The molecule has 86 valence electrons. The number of hydrogen-bond acceptors (Lipinski definition) is 3. The predicted octanol–water partition coefficient (Wildman–Crippen LogP) is 0.854. The number of nitrogens with zero attached hydrogens (tertiary/aromatic N) is 1. The molecule has 1 saturated heterocycles. The molecule has 0 radical (unpaired) electrons. The number of nitrogens with one attached hydrogen (secondary N) is 1. The highest BCUT2D eigenvalue weighted by atomic mass is 35.5. The van der Waals surface area contributed by atoms with Crippen LogP contribution in [0.5, 0.6) is 0 Å². The zero-order chi connectivity index (χ0) is 11.5. The van der Waals surface area contributed by atoms with Gasteiger partial charge in [-0.3, -0.25) is 9.69 Å². The van der Waals surface area contributed by atoms with E-state index in [-0.39, 0.29) is 5.91 Å². The van der Waals surface area contributed by atoms with Crippen molar-refractivity contribution in [1.82, 2.24) is 10.2 Å². The topological polar surface area (TPSA) is 58.4 Å². The van der Waals surface area contributed by atoms with Gasteiger partial charge >= 0.3 is 0 Å². The molecule has 1 aliphatic rings. The maximum atomic E-state index is 11.2. The van der Waals surface area contributed by atoms with Crippen LogP contribution >= 0.6 is 11.6 Å². The number of nitrogens with two attached hydrogens (primary N) is 1. The van der Waals surface area contributed by atoms with E-state index in [2.05, 4.69) is 10.2 Å². The smallest absolute Gasteiger partial charge is 0.234 e. The molecule has 1 aromatic carbocycles. The average molecular weight is 240 g/mol. The van der Waals surface area contributed by atoms with Crippen LogP contribution in [0.2, 0.25) is 5.02 Å². The second kappa shape index (κ2) is 4.72. The summed E-state index contributed by atoms with van der Waals surface area (Å²) in [6, 6.07) is 5.41. The van der Waals surface area contributed by atoms with Gasteiger partial charge in [-0.2, -0.15) is 0 Å². The standard InChI is InChI=1S/C11H14ClN3O/c12-9-1-2-10(13)8(5-9)6-15-4-3-14-11(16)7-15/h1-2,5H,3-4,6-7,13H2,(H,14,16). The highest BCUT2D eigenvalue weighted by Crippen LogP contribution is 2.19. The Bertz CT molecular complexity index is 408. The third-order valence-corrected chi connectivity index (χ3v) is 2.85. The van der Waals surface area contributed by atoms with Gasteiger partial charge in [-0.15, -0.1) is 0 Å². The van der Waals surface area contributed by atoms with Crippen molar-refractivity contribution in [2.45, 2.75) is 6.54 Å². The van der Waals surface area contributed by atoms with Crippen molar-refractivity contribution >= 4 is 23.2 Å². The number of piperazine rings is 1. The number of amides is 1. The minimum Gasteiger partial charge on any atom is -0.398 e. The fourth-order valence-electron chi connectivity index (χ4n) is 1.78. The highest BCUT2D eigenvalue weighted by molar-refractivity contribution is 6.30. The largest absolute Gasteiger partial charge is 0.398 e. The Kier molecular flexibility index (Phi) is 3.31. The SMILES string of the molecule is Nc1ccc(Cl)cc1CN1CCNC(=O)C1. The second-order valence-electron chi connectivity index (χ2n) is 3.90. The van der Waals surface area contributed by atoms with Crippen molar-refractivity contribution in [1.29, 1.82) is 0 Å². The first kappa shape index (κ1) is 11.2. The van der Waals surface area contributed by atoms with Gasteiger partial charge in [0, 0.05) is 30.3 Å². The molecule has 2 rings (SSSR count). The molecule has 0 aromatic heterocycles. The summed E-state index contributed by atoms with van der Waals surface area (Å²) in [5.41, 5.74) is 7.55. The second-order valence-corrected chi connectivity index (χ2v) is 4.34. The molecule has 16 heavy (non-hydrogen) atoms. The molecule has 1 aromatic rings. The van der Waals surface area contributed by atoms with Crippen LogP contribution in [0, 0.1) is 0 Å². The fourth-order valence-corrected chi connectivity index (χ4v) is 1.97. The van der Waals surface area contributed by atoms with Crippen molar-refractivity contribution in [3.8, 4) is 0 Å². The number of hydrogen-bond donors (Lipinski definition) is 2. The van der Waals surface area contributed by atoms with E-state index < -0.39 is 0 Å². The van der Waals surface area contributed by atoms with E-state index in [4.69, 9.17) is 17.3 Å². The monoisotopic (exact) mass is 239 g/mol. The average Bonchev–Trinajstić information content (AvgIpc) is 2.24. The molecule has 1 fully saturated rings. The Balaban J connectivity index is 2.08. The van der Waals surface area contributed by atoms with Crippen LogP contribution in [0.25, 0.3) is 0 Å². The van der Waals surface area contributed by atoms with Gasteiger partial charge in [0.1, 0.15) is 0 Å². The van der Waals surface area contributed by atoms with E-state index in [9.17, 15) is 4.79 Å². The van der Waals surface area contributed by atoms with Crippen molar-refractivity contribution in [3.05, 3.63) is 28.8 Å². The fraction of sp³-hybridized carbons (Fsp3) is 0.364. The first-order chi connectivity index (χ1) is 7.65. The molecular formula is C11H14ClN3O. The van der Waals surface area contributed by atoms with E-state index >= 15 is 0 Å². The van der Waals surface area contributed by atoms with Crippen molar-refractivity contribution in [3.63, 3.8) is 0 Å². The van der Waals surface area contributed by atoms with Crippen LogP contribution in [-0.4, -0.2) is 30.4 Å². The quantitative estimate of drug-likeness (QED) is 0.753. The van der Waals surface area contributed by atoms with Gasteiger partial charge in [0.15, 0.2) is 0 Å². The van der Waals surface area contributed by atoms with Crippen LogP contribution in [-0.2, 0) is 11.3 Å². The lowest BCUT2D eigenvalue weighted by molar-refractivity contribution is -0.124. The lowest BCUT2D eigenvalue weighted by Gasteiger charge is -2.26. The Labute approximate surface area is 99.4 Å². The maximum absolute atomic E-state index is 11.2. The predicted molar refractivity (Wildman–Crippen MR) is 64.2 cm³/mol. The number of nitrogen functional groups attached to an aromatic ring is 1. The van der Waals surface area contributed by atoms with Gasteiger partial charge in [0.25, 0.3) is 0 Å². The van der Waals surface area contributed by atoms with E-state index in [1.165, 1.54) is 0 Å². The van der Waals surface area contributed by atoms with E-state index in [0.717, 1.165) is 17.8 Å². The van der Waals surface area contributed by atoms with Crippen molar-refractivity contribution in [2.24, 2.45) is 0 Å². The van der Waals surface area contributed by atoms with E-state index in [1.807, 2.05) is 6.07 Å². The Morgan fingerprint density at radius 3 is 3.06 bits per heavy atom. The first-order valence-electron chi connectivity index (χ1n) is 5.18. The lowest BCUT2D eigenvalue weighted by atomic mass is 10.1. The molecule has 5 heteroatoms. The number of anilines is 1. The molecule has 1 amide bonds. The first-order valence-corrected chi connectivity index (χ1v) is 5.56. The third-order valence-electron chi connectivity index (χ3n) is 2.62. The van der Waals surface area contributed by atoms with Gasteiger partial charge < -0.3 is 11.1 Å². The summed E-state index contributed by atoms with van der Waals surface area (Å²) in [6.45, 7) is 2.63. The van der Waals surface area contributed by atoms with Crippen molar-refractivity contribution < 1.29 is 4.79 Å². The summed E-state index contributed by atoms with van der Waals surface area (Å²) in [7, 11) is 0. The number of rotatable bonds is 2. The van der Waals surface area contributed by atoms with Crippen LogP contribution in [0.15, 0.2) is 18.2 Å². The van der Waals surface area contributed by atoms with Gasteiger partial charge in [0.2, 0.25) is 5.91 Å². The molecule has 3 N–H and O–H groups in total. The molecule has 1 aliphatic heterocycles. The summed E-state index contributed by atoms with van der Waals surface area (Å²) < 4.78 is 0. The number of halogens is 1.